The zero-order chi connectivity index (χ0) is 14.5. The Balaban J connectivity index is 0.00000176. The van der Waals surface area contributed by atoms with Crippen LogP contribution in [0.15, 0.2) is 29.4 Å². The van der Waals surface area contributed by atoms with Gasteiger partial charge in [0.15, 0.2) is 11.6 Å². The van der Waals surface area contributed by atoms with Crippen molar-refractivity contribution in [2.45, 2.75) is 32.1 Å². The zero-order valence-corrected chi connectivity index (χ0v) is 15.0. The van der Waals surface area contributed by atoms with E-state index in [1.807, 2.05) is 28.8 Å². The van der Waals surface area contributed by atoms with E-state index in [1.165, 1.54) is 25.7 Å². The summed E-state index contributed by atoms with van der Waals surface area (Å²) in [6.07, 6.45) is 7.76. The number of aromatic nitrogens is 3. The molecule has 7 heteroatoms. The van der Waals surface area contributed by atoms with Gasteiger partial charge in [0, 0.05) is 32.3 Å². The van der Waals surface area contributed by atoms with Gasteiger partial charge >= 0.3 is 0 Å². The fourth-order valence-corrected chi connectivity index (χ4v) is 2.73. The first-order valence-electron chi connectivity index (χ1n) is 7.68. The summed E-state index contributed by atoms with van der Waals surface area (Å²) in [7, 11) is 0. The predicted octanol–water partition coefficient (Wildman–Crippen LogP) is 2.08. The minimum atomic E-state index is 0. The lowest BCUT2D eigenvalue weighted by molar-refractivity contribution is 0.428. The SMILES string of the molecule is I.NC(=NCCc1nnc2ccccn12)N1CCCCCC1. The molecule has 0 radical (unpaired) electrons. The third-order valence-electron chi connectivity index (χ3n) is 3.92. The molecular weight excluding hydrogens is 391 g/mol. The van der Waals surface area contributed by atoms with Crippen LogP contribution in [0.25, 0.3) is 5.65 Å². The van der Waals surface area contributed by atoms with Gasteiger partial charge in [-0.1, -0.05) is 18.9 Å². The highest BCUT2D eigenvalue weighted by atomic mass is 127. The fourth-order valence-electron chi connectivity index (χ4n) is 2.73. The lowest BCUT2D eigenvalue weighted by Crippen LogP contribution is -2.38. The summed E-state index contributed by atoms with van der Waals surface area (Å²) in [4.78, 5) is 6.71. The number of aliphatic imine (C=N–C) groups is 1. The number of halogens is 1. The summed E-state index contributed by atoms with van der Waals surface area (Å²) in [6, 6.07) is 5.89. The second-order valence-corrected chi connectivity index (χ2v) is 5.44. The van der Waals surface area contributed by atoms with E-state index in [0.29, 0.717) is 12.5 Å². The molecular formula is C15H23IN6. The maximum atomic E-state index is 6.10. The Morgan fingerprint density at radius 3 is 2.68 bits per heavy atom. The van der Waals surface area contributed by atoms with Crippen LogP contribution >= 0.6 is 24.0 Å². The first kappa shape index (κ1) is 17.0. The lowest BCUT2D eigenvalue weighted by Gasteiger charge is -2.20. The normalized spacial score (nSPS) is 16.4. The molecule has 1 fully saturated rings. The van der Waals surface area contributed by atoms with E-state index in [2.05, 4.69) is 20.1 Å². The molecule has 22 heavy (non-hydrogen) atoms. The molecule has 3 rings (SSSR count). The average Bonchev–Trinajstić information content (AvgIpc) is 2.74. The smallest absolute Gasteiger partial charge is 0.191 e. The number of rotatable bonds is 3. The number of pyridine rings is 1. The van der Waals surface area contributed by atoms with E-state index in [9.17, 15) is 0 Å². The van der Waals surface area contributed by atoms with Gasteiger partial charge in [0.25, 0.3) is 0 Å². The van der Waals surface area contributed by atoms with Crippen molar-refractivity contribution in [2.75, 3.05) is 19.6 Å². The van der Waals surface area contributed by atoms with Gasteiger partial charge in [-0.05, 0) is 25.0 Å². The van der Waals surface area contributed by atoms with E-state index in [1.54, 1.807) is 0 Å². The summed E-state index contributed by atoms with van der Waals surface area (Å²) in [5, 5.41) is 8.35. The van der Waals surface area contributed by atoms with Crippen molar-refractivity contribution < 1.29 is 0 Å². The van der Waals surface area contributed by atoms with Crippen molar-refractivity contribution in [1.29, 1.82) is 0 Å². The Morgan fingerprint density at radius 2 is 1.91 bits per heavy atom. The molecule has 6 nitrogen and oxygen atoms in total. The van der Waals surface area contributed by atoms with Gasteiger partial charge in [-0.15, -0.1) is 34.2 Å². The van der Waals surface area contributed by atoms with E-state index >= 15 is 0 Å². The Bertz CT molecular complexity index is 615. The van der Waals surface area contributed by atoms with E-state index in [4.69, 9.17) is 5.73 Å². The molecule has 1 aliphatic heterocycles. The zero-order valence-electron chi connectivity index (χ0n) is 12.7. The van der Waals surface area contributed by atoms with E-state index in [0.717, 1.165) is 31.0 Å². The standard InChI is InChI=1S/C15H22N6.HI/c16-15(20-10-4-1-2-5-11-20)17-9-8-14-19-18-13-7-3-6-12-21(13)14;/h3,6-7,12H,1-2,4-5,8-11H2,(H2,16,17);1H. The van der Waals surface area contributed by atoms with Crippen LogP contribution < -0.4 is 5.73 Å². The molecule has 2 aromatic rings. The number of nitrogens with zero attached hydrogens (tertiary/aromatic N) is 5. The van der Waals surface area contributed by atoms with Crippen LogP contribution in [0.4, 0.5) is 0 Å². The first-order valence-corrected chi connectivity index (χ1v) is 7.68. The molecule has 0 spiro atoms. The molecule has 0 amide bonds. The van der Waals surface area contributed by atoms with Crippen LogP contribution in [0.5, 0.6) is 0 Å². The molecule has 2 N–H and O–H groups in total. The molecule has 0 unspecified atom stereocenters. The summed E-state index contributed by atoms with van der Waals surface area (Å²) in [5.41, 5.74) is 6.98. The summed E-state index contributed by atoms with van der Waals surface area (Å²) in [5.74, 6) is 1.60. The van der Waals surface area contributed by atoms with Gasteiger partial charge in [0.05, 0.1) is 0 Å². The highest BCUT2D eigenvalue weighted by Gasteiger charge is 2.11. The number of likely N-dealkylation sites (tertiary alicyclic amines) is 1. The van der Waals surface area contributed by atoms with Gasteiger partial charge < -0.3 is 10.6 Å². The summed E-state index contributed by atoms with van der Waals surface area (Å²) < 4.78 is 2.00. The van der Waals surface area contributed by atoms with Crippen LogP contribution in [-0.2, 0) is 6.42 Å². The van der Waals surface area contributed by atoms with Gasteiger partial charge in [-0.25, -0.2) is 0 Å². The monoisotopic (exact) mass is 414 g/mol. The van der Waals surface area contributed by atoms with Crippen LogP contribution in [0.1, 0.15) is 31.5 Å². The van der Waals surface area contributed by atoms with E-state index < -0.39 is 0 Å². The maximum absolute atomic E-state index is 6.10. The van der Waals surface area contributed by atoms with Crippen molar-refractivity contribution in [1.82, 2.24) is 19.5 Å². The number of guanidine groups is 1. The van der Waals surface area contributed by atoms with Crippen LogP contribution in [0, 0.1) is 0 Å². The molecule has 120 valence electrons. The Labute approximate surface area is 147 Å². The quantitative estimate of drug-likeness (QED) is 0.474. The number of hydrogen-bond acceptors (Lipinski definition) is 3. The second kappa shape index (κ2) is 8.30. The van der Waals surface area contributed by atoms with Gasteiger partial charge in [0.2, 0.25) is 0 Å². The molecule has 1 aliphatic rings. The molecule has 2 aromatic heterocycles. The number of hydrogen-bond donors (Lipinski definition) is 1. The Hall–Kier alpha value is -1.38. The van der Waals surface area contributed by atoms with E-state index in [-0.39, 0.29) is 24.0 Å². The lowest BCUT2D eigenvalue weighted by atomic mass is 10.2. The van der Waals surface area contributed by atoms with Crippen molar-refractivity contribution >= 4 is 35.6 Å². The maximum Gasteiger partial charge on any atom is 0.191 e. The molecule has 0 atom stereocenters. The van der Waals surface area contributed by atoms with Crippen molar-refractivity contribution in [2.24, 2.45) is 10.7 Å². The fraction of sp³-hybridized carbons (Fsp3) is 0.533. The van der Waals surface area contributed by atoms with Crippen molar-refractivity contribution in [3.8, 4) is 0 Å². The largest absolute Gasteiger partial charge is 0.370 e. The Kier molecular flexibility index (Phi) is 6.41. The third-order valence-corrected chi connectivity index (χ3v) is 3.92. The second-order valence-electron chi connectivity index (χ2n) is 5.44. The van der Waals surface area contributed by atoms with Crippen LogP contribution in [0.3, 0.4) is 0 Å². The summed E-state index contributed by atoms with van der Waals surface area (Å²) in [6.45, 7) is 2.71. The van der Waals surface area contributed by atoms with Gasteiger partial charge in [-0.3, -0.25) is 9.39 Å². The van der Waals surface area contributed by atoms with Crippen molar-refractivity contribution in [3.63, 3.8) is 0 Å². The predicted molar refractivity (Wildman–Crippen MR) is 98.6 cm³/mol. The minimum absolute atomic E-state index is 0. The Morgan fingerprint density at radius 1 is 1.14 bits per heavy atom. The average molecular weight is 414 g/mol. The molecule has 0 aliphatic carbocycles. The molecule has 3 heterocycles. The highest BCUT2D eigenvalue weighted by Crippen LogP contribution is 2.09. The highest BCUT2D eigenvalue weighted by molar-refractivity contribution is 14.0. The first-order chi connectivity index (χ1) is 10.3. The molecule has 0 bridgehead atoms. The van der Waals surface area contributed by atoms with Crippen LogP contribution in [0.2, 0.25) is 0 Å². The topological polar surface area (TPSA) is 71.8 Å². The van der Waals surface area contributed by atoms with Crippen LogP contribution in [-0.4, -0.2) is 45.1 Å². The number of fused-ring (bicyclic) bond motifs is 1. The van der Waals surface area contributed by atoms with Gasteiger partial charge in [0.1, 0.15) is 5.82 Å². The van der Waals surface area contributed by atoms with Crippen molar-refractivity contribution in [3.05, 3.63) is 30.2 Å². The summed E-state index contributed by atoms with van der Waals surface area (Å²) >= 11 is 0. The van der Waals surface area contributed by atoms with Gasteiger partial charge in [-0.2, -0.15) is 0 Å². The molecule has 1 saturated heterocycles. The molecule has 0 aromatic carbocycles. The third kappa shape index (κ3) is 4.08. The number of nitrogens with two attached hydrogens (primary N) is 1. The minimum Gasteiger partial charge on any atom is -0.370 e. The molecule has 0 saturated carbocycles.